The number of amides is 2. The van der Waals surface area contributed by atoms with Gasteiger partial charge in [-0.2, -0.15) is 0 Å². The van der Waals surface area contributed by atoms with Crippen molar-refractivity contribution in [1.29, 1.82) is 0 Å². The van der Waals surface area contributed by atoms with E-state index < -0.39 is 0 Å². The number of hydrogen-bond donors (Lipinski definition) is 1. The molecule has 0 aliphatic carbocycles. The molecule has 2 aromatic carbocycles. The number of benzene rings is 2. The number of hydrogen-bond acceptors (Lipinski definition) is 4. The summed E-state index contributed by atoms with van der Waals surface area (Å²) < 4.78 is 0. The highest BCUT2D eigenvalue weighted by Crippen LogP contribution is 2.39. The zero-order valence-electron chi connectivity index (χ0n) is 16.3. The topological polar surface area (TPSA) is 62.3 Å². The molecular weight excluding hydrogens is 382 g/mol. The maximum absolute atomic E-state index is 13.2. The third kappa shape index (κ3) is 3.89. The van der Waals surface area contributed by atoms with E-state index >= 15 is 0 Å². The minimum Gasteiger partial charge on any atom is -0.326 e. The Labute approximate surface area is 174 Å². The van der Waals surface area contributed by atoms with E-state index in [1.54, 1.807) is 11.1 Å². The van der Waals surface area contributed by atoms with Crippen LogP contribution in [0.15, 0.2) is 70.7 Å². The van der Waals surface area contributed by atoms with E-state index in [1.165, 1.54) is 11.8 Å². The quantitative estimate of drug-likeness (QED) is 0.677. The highest BCUT2D eigenvalue weighted by atomic mass is 32.2. The Bertz CT molecular complexity index is 1100. The molecule has 6 heteroatoms. The highest BCUT2D eigenvalue weighted by molar-refractivity contribution is 7.99. The van der Waals surface area contributed by atoms with Crippen LogP contribution in [0, 0.1) is 13.8 Å². The van der Waals surface area contributed by atoms with Crippen molar-refractivity contribution in [2.24, 2.45) is 0 Å². The van der Waals surface area contributed by atoms with Crippen LogP contribution in [0.2, 0.25) is 0 Å². The van der Waals surface area contributed by atoms with Gasteiger partial charge in [0.2, 0.25) is 5.91 Å². The van der Waals surface area contributed by atoms with Crippen LogP contribution in [0.3, 0.4) is 0 Å². The van der Waals surface area contributed by atoms with Crippen LogP contribution in [0.25, 0.3) is 0 Å². The van der Waals surface area contributed by atoms with Crippen LogP contribution in [0.1, 0.15) is 27.9 Å². The smallest absolute Gasteiger partial charge is 0.259 e. The third-order valence-electron chi connectivity index (χ3n) is 5.05. The number of fused-ring (bicyclic) bond motifs is 2. The lowest BCUT2D eigenvalue weighted by Crippen LogP contribution is -2.34. The van der Waals surface area contributed by atoms with Crippen molar-refractivity contribution < 1.29 is 9.59 Å². The molecule has 0 saturated heterocycles. The number of aromatic nitrogens is 1. The number of nitrogens with zero attached hydrogens (tertiary/aromatic N) is 2. The predicted octanol–water partition coefficient (Wildman–Crippen LogP) is 4.84. The van der Waals surface area contributed by atoms with Gasteiger partial charge in [-0.15, -0.1) is 0 Å². The minimum atomic E-state index is -0.123. The van der Waals surface area contributed by atoms with Gasteiger partial charge >= 0.3 is 0 Å². The highest BCUT2D eigenvalue weighted by Gasteiger charge is 2.28. The molecular formula is C23H21N3O2S. The maximum atomic E-state index is 13.2. The van der Waals surface area contributed by atoms with Crippen molar-refractivity contribution in [3.05, 3.63) is 77.5 Å². The third-order valence-corrected chi connectivity index (χ3v) is 6.14. The summed E-state index contributed by atoms with van der Waals surface area (Å²) in [6.45, 7) is 4.28. The Hall–Kier alpha value is -3.12. The van der Waals surface area contributed by atoms with Gasteiger partial charge in [0, 0.05) is 29.7 Å². The van der Waals surface area contributed by atoms with Crippen molar-refractivity contribution in [3.63, 3.8) is 0 Å². The number of aryl methyl sites for hydroxylation is 1. The number of anilines is 2. The first-order valence-corrected chi connectivity index (χ1v) is 10.3. The first kappa shape index (κ1) is 19.2. The Morgan fingerprint density at radius 1 is 1.07 bits per heavy atom. The van der Waals surface area contributed by atoms with Gasteiger partial charge in [0.05, 0.1) is 11.3 Å². The Morgan fingerprint density at radius 3 is 2.76 bits per heavy atom. The van der Waals surface area contributed by atoms with E-state index in [9.17, 15) is 9.59 Å². The SMILES string of the molecule is Cc1cccc(NC(=O)CCN2C(=O)c3ccccc3Sc3ncccc32)c1C. The predicted molar refractivity (Wildman–Crippen MR) is 116 cm³/mol. The zero-order chi connectivity index (χ0) is 20.4. The van der Waals surface area contributed by atoms with Crippen molar-refractivity contribution in [1.82, 2.24) is 4.98 Å². The van der Waals surface area contributed by atoms with E-state index in [1.807, 2.05) is 68.4 Å². The molecule has 1 N–H and O–H groups in total. The van der Waals surface area contributed by atoms with Gasteiger partial charge in [-0.05, 0) is 55.3 Å². The Balaban J connectivity index is 1.56. The summed E-state index contributed by atoms with van der Waals surface area (Å²) in [6, 6.07) is 17.0. The fourth-order valence-corrected chi connectivity index (χ4v) is 4.31. The second-order valence-electron chi connectivity index (χ2n) is 6.93. The molecule has 0 saturated carbocycles. The number of carbonyl (C=O) groups excluding carboxylic acids is 2. The molecule has 1 aliphatic rings. The second kappa shape index (κ2) is 8.09. The van der Waals surface area contributed by atoms with Gasteiger partial charge in [0.1, 0.15) is 5.03 Å². The van der Waals surface area contributed by atoms with Gasteiger partial charge in [-0.3, -0.25) is 9.59 Å². The van der Waals surface area contributed by atoms with Crippen LogP contribution in [-0.4, -0.2) is 23.3 Å². The largest absolute Gasteiger partial charge is 0.326 e. The molecule has 0 unspecified atom stereocenters. The molecule has 2 heterocycles. The number of pyridine rings is 1. The molecule has 0 atom stereocenters. The first-order valence-electron chi connectivity index (χ1n) is 9.44. The maximum Gasteiger partial charge on any atom is 0.259 e. The van der Waals surface area contributed by atoms with Gasteiger partial charge in [-0.25, -0.2) is 4.98 Å². The fraction of sp³-hybridized carbons (Fsp3) is 0.174. The zero-order valence-corrected chi connectivity index (χ0v) is 17.1. The summed E-state index contributed by atoms with van der Waals surface area (Å²) >= 11 is 1.48. The van der Waals surface area contributed by atoms with Gasteiger partial charge in [-0.1, -0.05) is 36.0 Å². The molecule has 0 radical (unpaired) electrons. The second-order valence-corrected chi connectivity index (χ2v) is 7.96. The lowest BCUT2D eigenvalue weighted by Gasteiger charge is -2.22. The van der Waals surface area contributed by atoms with Crippen LogP contribution in [0.5, 0.6) is 0 Å². The summed E-state index contributed by atoms with van der Waals surface area (Å²) in [7, 11) is 0. The summed E-state index contributed by atoms with van der Waals surface area (Å²) in [4.78, 5) is 32.8. The molecule has 3 aromatic rings. The van der Waals surface area contributed by atoms with Crippen molar-refractivity contribution in [2.45, 2.75) is 30.2 Å². The van der Waals surface area contributed by atoms with Crippen LogP contribution >= 0.6 is 11.8 Å². The minimum absolute atomic E-state index is 0.112. The Morgan fingerprint density at radius 2 is 1.90 bits per heavy atom. The first-order chi connectivity index (χ1) is 14.0. The van der Waals surface area contributed by atoms with E-state index in [0.29, 0.717) is 5.56 Å². The molecule has 2 amide bonds. The fourth-order valence-electron chi connectivity index (χ4n) is 3.29. The van der Waals surface area contributed by atoms with Crippen molar-refractivity contribution in [2.75, 3.05) is 16.8 Å². The van der Waals surface area contributed by atoms with Gasteiger partial charge in [0.15, 0.2) is 0 Å². The van der Waals surface area contributed by atoms with Crippen molar-refractivity contribution in [3.8, 4) is 0 Å². The van der Waals surface area contributed by atoms with E-state index in [0.717, 1.165) is 32.4 Å². The van der Waals surface area contributed by atoms with Crippen LogP contribution < -0.4 is 10.2 Å². The van der Waals surface area contributed by atoms with Crippen LogP contribution in [0.4, 0.5) is 11.4 Å². The standard InChI is InChI=1S/C23H21N3O2S/c1-15-7-5-9-18(16(15)2)25-21(27)12-14-26-19-10-6-13-24-22(19)29-20-11-4-3-8-17(20)23(26)28/h3-11,13H,12,14H2,1-2H3,(H,25,27). The molecule has 1 aliphatic heterocycles. The molecule has 4 rings (SSSR count). The average molecular weight is 404 g/mol. The number of rotatable bonds is 4. The summed E-state index contributed by atoms with van der Waals surface area (Å²) in [5, 5.41) is 3.73. The summed E-state index contributed by atoms with van der Waals surface area (Å²) in [6.07, 6.45) is 1.91. The number of nitrogens with one attached hydrogen (secondary N) is 1. The lowest BCUT2D eigenvalue weighted by atomic mass is 10.1. The normalized spacial score (nSPS) is 12.8. The molecule has 1 aromatic heterocycles. The van der Waals surface area contributed by atoms with Crippen molar-refractivity contribution >= 4 is 35.0 Å². The molecule has 0 spiro atoms. The van der Waals surface area contributed by atoms with Gasteiger partial charge in [0.25, 0.3) is 5.91 Å². The monoisotopic (exact) mass is 403 g/mol. The Kier molecular flexibility index (Phi) is 5.36. The number of carbonyl (C=O) groups is 2. The van der Waals surface area contributed by atoms with E-state index in [2.05, 4.69) is 10.3 Å². The van der Waals surface area contributed by atoms with E-state index in [4.69, 9.17) is 0 Å². The molecule has 0 fully saturated rings. The van der Waals surface area contributed by atoms with Crippen LogP contribution in [-0.2, 0) is 4.79 Å². The molecule has 5 nitrogen and oxygen atoms in total. The molecule has 146 valence electrons. The summed E-state index contributed by atoms with van der Waals surface area (Å²) in [5.41, 5.74) is 4.34. The average Bonchev–Trinajstić information content (AvgIpc) is 2.84. The van der Waals surface area contributed by atoms with E-state index in [-0.39, 0.29) is 24.8 Å². The lowest BCUT2D eigenvalue weighted by molar-refractivity contribution is -0.116. The molecule has 29 heavy (non-hydrogen) atoms. The van der Waals surface area contributed by atoms with Gasteiger partial charge < -0.3 is 10.2 Å². The summed E-state index contributed by atoms with van der Waals surface area (Å²) in [5.74, 6) is -0.235. The molecule has 0 bridgehead atoms.